The van der Waals surface area contributed by atoms with Crippen molar-refractivity contribution in [3.8, 4) is 11.1 Å². The van der Waals surface area contributed by atoms with Crippen LogP contribution in [0.25, 0.3) is 11.1 Å². The number of hydrogen-bond acceptors (Lipinski definition) is 3. The number of hydrogen-bond donors (Lipinski definition) is 2. The molecule has 0 aliphatic carbocycles. The van der Waals surface area contributed by atoms with E-state index >= 15 is 0 Å². The second kappa shape index (κ2) is 6.05. The Kier molecular flexibility index (Phi) is 3.96. The molecule has 1 amide bonds. The van der Waals surface area contributed by atoms with Crippen LogP contribution >= 0.6 is 0 Å². The molecule has 1 saturated heterocycles. The van der Waals surface area contributed by atoms with Crippen molar-refractivity contribution in [3.05, 3.63) is 36.3 Å². The first-order valence-electron chi connectivity index (χ1n) is 6.92. The number of benzene rings is 1. The normalized spacial score (nSPS) is 15.9. The number of aromatic amines is 1. The molecule has 0 atom stereocenters. The first-order valence-corrected chi connectivity index (χ1v) is 6.92. The van der Waals surface area contributed by atoms with E-state index in [-0.39, 0.29) is 17.6 Å². The number of rotatable bonds is 3. The van der Waals surface area contributed by atoms with E-state index < -0.39 is 0 Å². The van der Waals surface area contributed by atoms with E-state index in [0.717, 1.165) is 12.8 Å². The van der Waals surface area contributed by atoms with Crippen molar-refractivity contribution in [2.24, 2.45) is 5.92 Å². The molecule has 2 aromatic rings. The largest absolute Gasteiger partial charge is 0.381 e. The highest BCUT2D eigenvalue weighted by Gasteiger charge is 2.23. The summed E-state index contributed by atoms with van der Waals surface area (Å²) in [6.45, 7) is 1.22. The molecule has 0 unspecified atom stereocenters. The highest BCUT2D eigenvalue weighted by molar-refractivity contribution is 5.95. The predicted molar refractivity (Wildman–Crippen MR) is 76.2 cm³/mol. The molecule has 0 spiro atoms. The molecule has 110 valence electrons. The van der Waals surface area contributed by atoms with E-state index in [0.29, 0.717) is 30.2 Å². The van der Waals surface area contributed by atoms with Crippen LogP contribution in [0.2, 0.25) is 0 Å². The molecule has 3 rings (SSSR count). The second-order valence-electron chi connectivity index (χ2n) is 5.04. The fourth-order valence-electron chi connectivity index (χ4n) is 2.44. The van der Waals surface area contributed by atoms with Crippen LogP contribution in [0.4, 0.5) is 10.2 Å². The number of H-pyrrole nitrogens is 1. The summed E-state index contributed by atoms with van der Waals surface area (Å²) in [6, 6.07) is 6.19. The van der Waals surface area contributed by atoms with Gasteiger partial charge >= 0.3 is 0 Å². The Balaban J connectivity index is 1.78. The van der Waals surface area contributed by atoms with Crippen molar-refractivity contribution in [3.63, 3.8) is 0 Å². The van der Waals surface area contributed by atoms with Crippen LogP contribution in [0, 0.1) is 11.7 Å². The zero-order valence-corrected chi connectivity index (χ0v) is 11.4. The minimum absolute atomic E-state index is 0.0533. The van der Waals surface area contributed by atoms with Crippen molar-refractivity contribution in [2.45, 2.75) is 12.8 Å². The molecule has 0 saturated carbocycles. The van der Waals surface area contributed by atoms with Gasteiger partial charge in [0.15, 0.2) is 0 Å². The lowest BCUT2D eigenvalue weighted by atomic mass is 9.99. The van der Waals surface area contributed by atoms with Gasteiger partial charge in [-0.1, -0.05) is 12.1 Å². The average Bonchev–Trinajstić information content (AvgIpc) is 2.96. The molecule has 6 heteroatoms. The van der Waals surface area contributed by atoms with E-state index in [2.05, 4.69) is 15.5 Å². The maximum atomic E-state index is 13.3. The minimum atomic E-state index is -0.324. The van der Waals surface area contributed by atoms with E-state index in [9.17, 15) is 9.18 Å². The third-order valence-electron chi connectivity index (χ3n) is 3.62. The first-order chi connectivity index (χ1) is 10.2. The Bertz CT molecular complexity index is 635. The number of aromatic nitrogens is 2. The summed E-state index contributed by atoms with van der Waals surface area (Å²) in [5, 5.41) is 9.54. The smallest absolute Gasteiger partial charge is 0.228 e. The van der Waals surface area contributed by atoms with Gasteiger partial charge < -0.3 is 10.1 Å². The van der Waals surface area contributed by atoms with Gasteiger partial charge in [-0.3, -0.25) is 9.89 Å². The number of amides is 1. The van der Waals surface area contributed by atoms with Crippen LogP contribution in [-0.4, -0.2) is 29.3 Å². The maximum absolute atomic E-state index is 13.3. The predicted octanol–water partition coefficient (Wildman–Crippen LogP) is 2.58. The molecule has 1 aliphatic rings. The van der Waals surface area contributed by atoms with Crippen molar-refractivity contribution >= 4 is 11.7 Å². The molecule has 2 N–H and O–H groups in total. The summed E-state index contributed by atoms with van der Waals surface area (Å²) >= 11 is 0. The summed E-state index contributed by atoms with van der Waals surface area (Å²) in [7, 11) is 0. The molecule has 5 nitrogen and oxygen atoms in total. The number of carbonyl (C=O) groups excluding carboxylic acids is 1. The van der Waals surface area contributed by atoms with Crippen LogP contribution in [0.15, 0.2) is 30.5 Å². The van der Waals surface area contributed by atoms with Gasteiger partial charge in [-0.05, 0) is 30.5 Å². The Morgan fingerprint density at radius 1 is 1.38 bits per heavy atom. The Hall–Kier alpha value is -2.21. The number of nitrogens with zero attached hydrogens (tertiary/aromatic N) is 1. The number of nitrogens with one attached hydrogen (secondary N) is 2. The fraction of sp³-hybridized carbons (Fsp3) is 0.333. The van der Waals surface area contributed by atoms with Crippen LogP contribution in [0.3, 0.4) is 0 Å². The van der Waals surface area contributed by atoms with Gasteiger partial charge in [0.1, 0.15) is 11.6 Å². The lowest BCUT2D eigenvalue weighted by Gasteiger charge is -2.21. The third kappa shape index (κ3) is 3.11. The first kappa shape index (κ1) is 13.8. The second-order valence-corrected chi connectivity index (χ2v) is 5.04. The quantitative estimate of drug-likeness (QED) is 0.912. The molecule has 1 aromatic heterocycles. The van der Waals surface area contributed by atoms with Crippen molar-refractivity contribution in [1.82, 2.24) is 10.2 Å². The summed E-state index contributed by atoms with van der Waals surface area (Å²) < 4.78 is 18.6. The fourth-order valence-corrected chi connectivity index (χ4v) is 2.44. The molecule has 0 bridgehead atoms. The zero-order chi connectivity index (χ0) is 14.7. The van der Waals surface area contributed by atoms with Crippen molar-refractivity contribution in [1.29, 1.82) is 0 Å². The van der Waals surface area contributed by atoms with Gasteiger partial charge in [-0.25, -0.2) is 4.39 Å². The average molecular weight is 289 g/mol. The monoisotopic (exact) mass is 289 g/mol. The summed E-state index contributed by atoms with van der Waals surface area (Å²) in [5.41, 5.74) is 1.35. The molecular weight excluding hydrogens is 273 g/mol. The number of anilines is 1. The number of ether oxygens (including phenoxy) is 1. The molecule has 2 heterocycles. The molecule has 1 aliphatic heterocycles. The SMILES string of the molecule is O=C(Nc1[nH]ncc1-c1cccc(F)c1)C1CCOCC1. The van der Waals surface area contributed by atoms with Crippen LogP contribution in [-0.2, 0) is 9.53 Å². The molecule has 21 heavy (non-hydrogen) atoms. The number of carbonyl (C=O) groups is 1. The topological polar surface area (TPSA) is 67.0 Å². The van der Waals surface area contributed by atoms with Gasteiger partial charge in [-0.2, -0.15) is 5.10 Å². The highest BCUT2D eigenvalue weighted by Crippen LogP contribution is 2.27. The Labute approximate surface area is 121 Å². The molecular formula is C15H16FN3O2. The van der Waals surface area contributed by atoms with Crippen LogP contribution in [0.5, 0.6) is 0 Å². The van der Waals surface area contributed by atoms with Gasteiger partial charge in [0.2, 0.25) is 5.91 Å². The standard InChI is InChI=1S/C15H16FN3O2/c16-12-3-1-2-11(8-12)13-9-17-19-14(13)18-15(20)10-4-6-21-7-5-10/h1-3,8-10H,4-7H2,(H2,17,18,19,20). The van der Waals surface area contributed by atoms with Crippen LogP contribution < -0.4 is 5.32 Å². The van der Waals surface area contributed by atoms with Gasteiger partial charge in [0.25, 0.3) is 0 Å². The lowest BCUT2D eigenvalue weighted by Crippen LogP contribution is -2.28. The van der Waals surface area contributed by atoms with Crippen molar-refractivity contribution in [2.75, 3.05) is 18.5 Å². The Morgan fingerprint density at radius 2 is 2.19 bits per heavy atom. The van der Waals surface area contributed by atoms with Gasteiger partial charge in [-0.15, -0.1) is 0 Å². The minimum Gasteiger partial charge on any atom is -0.381 e. The van der Waals surface area contributed by atoms with E-state index in [1.165, 1.54) is 12.1 Å². The summed E-state index contributed by atoms with van der Waals surface area (Å²) in [6.07, 6.45) is 3.01. The van der Waals surface area contributed by atoms with E-state index in [4.69, 9.17) is 4.74 Å². The molecule has 1 fully saturated rings. The van der Waals surface area contributed by atoms with Gasteiger partial charge in [0.05, 0.1) is 6.20 Å². The van der Waals surface area contributed by atoms with Gasteiger partial charge in [0, 0.05) is 24.7 Å². The van der Waals surface area contributed by atoms with Crippen LogP contribution in [0.1, 0.15) is 12.8 Å². The number of halogens is 1. The van der Waals surface area contributed by atoms with Crippen molar-refractivity contribution < 1.29 is 13.9 Å². The lowest BCUT2D eigenvalue weighted by molar-refractivity contribution is -0.122. The highest BCUT2D eigenvalue weighted by atomic mass is 19.1. The summed E-state index contributed by atoms with van der Waals surface area (Å²) in [4.78, 5) is 12.2. The summed E-state index contributed by atoms with van der Waals surface area (Å²) in [5.74, 6) is 0.0649. The third-order valence-corrected chi connectivity index (χ3v) is 3.62. The maximum Gasteiger partial charge on any atom is 0.228 e. The van der Waals surface area contributed by atoms with E-state index in [1.807, 2.05) is 0 Å². The zero-order valence-electron chi connectivity index (χ0n) is 11.4. The van der Waals surface area contributed by atoms with E-state index in [1.54, 1.807) is 18.3 Å². The molecule has 0 radical (unpaired) electrons. The Morgan fingerprint density at radius 3 is 2.95 bits per heavy atom. The molecule has 1 aromatic carbocycles.